The van der Waals surface area contributed by atoms with E-state index in [1.165, 1.54) is 0 Å². The van der Waals surface area contributed by atoms with Gasteiger partial charge in [-0.25, -0.2) is 9.07 Å². The summed E-state index contributed by atoms with van der Waals surface area (Å²) in [6.07, 6.45) is 2.84. The van der Waals surface area contributed by atoms with Crippen LogP contribution in [0.1, 0.15) is 47.9 Å². The van der Waals surface area contributed by atoms with E-state index in [0.717, 1.165) is 40.7 Å². The summed E-state index contributed by atoms with van der Waals surface area (Å²) >= 11 is 0. The maximum atomic E-state index is 14.9. The second-order valence-corrected chi connectivity index (χ2v) is 8.96. The largest absolute Gasteiger partial charge is 0.467 e. The topological polar surface area (TPSA) is 76.3 Å². The van der Waals surface area contributed by atoms with E-state index < -0.39 is 6.17 Å². The first-order chi connectivity index (χ1) is 14.9. The lowest BCUT2D eigenvalue weighted by molar-refractivity contribution is 0.0729. The van der Waals surface area contributed by atoms with E-state index in [9.17, 15) is 9.50 Å². The number of halogens is 1. The summed E-state index contributed by atoms with van der Waals surface area (Å²) in [6.45, 7) is 3.40. The van der Waals surface area contributed by atoms with Crippen LogP contribution in [0.3, 0.4) is 0 Å². The first kappa shape index (κ1) is 20.3. The number of rotatable bonds is 4. The smallest absolute Gasteiger partial charge is 0.318 e. The monoisotopic (exact) mass is 425 g/mol. The van der Waals surface area contributed by atoms with Gasteiger partial charge >= 0.3 is 6.01 Å². The number of aliphatic hydroxyl groups excluding tert-OH is 1. The lowest BCUT2D eigenvalue weighted by Gasteiger charge is -2.33. The highest BCUT2D eigenvalue weighted by Gasteiger charge is 2.32. The minimum absolute atomic E-state index is 0.115. The summed E-state index contributed by atoms with van der Waals surface area (Å²) in [6, 6.07) is 6.35. The Hall–Kier alpha value is -2.58. The van der Waals surface area contributed by atoms with Gasteiger partial charge in [-0.3, -0.25) is 0 Å². The standard InChI is InChI=1S/C23H28FN5O2/c1-13-6-15-11-25-29(21(15)9-18(13)17-4-5-28(2)12-19(17)24)22-10-20(14-7-16(30)8-14)26-23(27-22)31-3/h6,9-11,14,16-17,19,30H,4-5,7-8,12H2,1-3H3. The lowest BCUT2D eigenvalue weighted by atomic mass is 9.80. The van der Waals surface area contributed by atoms with E-state index in [1.54, 1.807) is 11.8 Å². The van der Waals surface area contributed by atoms with Crippen molar-refractivity contribution in [2.75, 3.05) is 27.2 Å². The Bertz CT molecular complexity index is 1110. The van der Waals surface area contributed by atoms with E-state index in [2.05, 4.69) is 27.2 Å². The molecule has 1 N–H and O–H groups in total. The SMILES string of the molecule is COc1nc(C2CC(O)C2)cc(-n2ncc3cc(C)c(C4CCN(C)CC4F)cc32)n1. The molecular weight excluding hydrogens is 397 g/mol. The summed E-state index contributed by atoms with van der Waals surface area (Å²) in [4.78, 5) is 11.0. The van der Waals surface area contributed by atoms with Crippen LogP contribution in [0, 0.1) is 6.92 Å². The maximum absolute atomic E-state index is 14.9. The first-order valence-electron chi connectivity index (χ1n) is 10.8. The fourth-order valence-electron chi connectivity index (χ4n) is 4.86. The van der Waals surface area contributed by atoms with Gasteiger partial charge in [-0.1, -0.05) is 0 Å². The van der Waals surface area contributed by atoms with Crippen molar-refractivity contribution in [2.24, 2.45) is 0 Å². The number of fused-ring (bicyclic) bond motifs is 1. The second-order valence-electron chi connectivity index (χ2n) is 8.96. The summed E-state index contributed by atoms with van der Waals surface area (Å²) in [7, 11) is 3.51. The molecule has 3 heterocycles. The molecule has 2 fully saturated rings. The van der Waals surface area contributed by atoms with Gasteiger partial charge in [0.2, 0.25) is 0 Å². The molecule has 1 aromatic carbocycles. The van der Waals surface area contributed by atoms with Crippen molar-refractivity contribution in [1.29, 1.82) is 0 Å². The first-order valence-corrected chi connectivity index (χ1v) is 10.8. The Kier molecular flexibility index (Phi) is 5.14. The molecule has 2 atom stereocenters. The predicted octanol–water partition coefficient (Wildman–Crippen LogP) is 3.13. The Morgan fingerprint density at radius 3 is 2.71 bits per heavy atom. The number of piperidine rings is 1. The molecule has 7 nitrogen and oxygen atoms in total. The van der Waals surface area contributed by atoms with Crippen molar-refractivity contribution in [1.82, 2.24) is 24.6 Å². The van der Waals surface area contributed by atoms with Crippen molar-refractivity contribution in [2.45, 2.75) is 50.3 Å². The fourth-order valence-corrected chi connectivity index (χ4v) is 4.86. The average molecular weight is 426 g/mol. The number of benzene rings is 1. The summed E-state index contributed by atoms with van der Waals surface area (Å²) in [5.74, 6) is 0.695. The molecule has 1 saturated carbocycles. The van der Waals surface area contributed by atoms with E-state index in [4.69, 9.17) is 4.74 Å². The van der Waals surface area contributed by atoms with Gasteiger partial charge in [0.05, 0.1) is 30.6 Å². The number of hydrogen-bond acceptors (Lipinski definition) is 6. The van der Waals surface area contributed by atoms with E-state index in [-0.39, 0.29) is 24.0 Å². The molecule has 2 aliphatic rings. The third-order valence-electron chi connectivity index (χ3n) is 6.74. The van der Waals surface area contributed by atoms with E-state index >= 15 is 0 Å². The van der Waals surface area contributed by atoms with Gasteiger partial charge < -0.3 is 14.7 Å². The molecule has 0 amide bonds. The molecule has 164 valence electrons. The van der Waals surface area contributed by atoms with Crippen LogP contribution >= 0.6 is 0 Å². The van der Waals surface area contributed by atoms with Crippen LogP contribution in [0.15, 0.2) is 24.4 Å². The number of aliphatic hydroxyl groups is 1. The molecular formula is C23H28FN5O2. The number of nitrogens with zero attached hydrogens (tertiary/aromatic N) is 5. The normalized spacial score (nSPS) is 26.7. The van der Waals surface area contributed by atoms with Crippen LogP contribution in [0.5, 0.6) is 6.01 Å². The van der Waals surface area contributed by atoms with Gasteiger partial charge in [-0.15, -0.1) is 0 Å². The number of likely N-dealkylation sites (tertiary alicyclic amines) is 1. The quantitative estimate of drug-likeness (QED) is 0.692. The molecule has 1 saturated heterocycles. The zero-order valence-electron chi connectivity index (χ0n) is 18.1. The van der Waals surface area contributed by atoms with Crippen LogP contribution < -0.4 is 4.74 Å². The average Bonchev–Trinajstić information content (AvgIpc) is 3.13. The van der Waals surface area contributed by atoms with Crippen molar-refractivity contribution >= 4 is 10.9 Å². The highest BCUT2D eigenvalue weighted by atomic mass is 19.1. The Morgan fingerprint density at radius 1 is 1.19 bits per heavy atom. The number of alkyl halides is 1. The van der Waals surface area contributed by atoms with Gasteiger partial charge in [0.25, 0.3) is 0 Å². The summed E-state index contributed by atoms with van der Waals surface area (Å²) in [5, 5.41) is 15.3. The van der Waals surface area contributed by atoms with Crippen molar-refractivity contribution in [3.8, 4) is 11.8 Å². The van der Waals surface area contributed by atoms with Crippen LogP contribution in [-0.4, -0.2) is 69.3 Å². The lowest BCUT2D eigenvalue weighted by Crippen LogP contribution is -2.38. The van der Waals surface area contributed by atoms with Crippen LogP contribution in [0.4, 0.5) is 4.39 Å². The van der Waals surface area contributed by atoms with Crippen molar-refractivity contribution < 1.29 is 14.2 Å². The zero-order valence-corrected chi connectivity index (χ0v) is 18.1. The third kappa shape index (κ3) is 3.68. The highest BCUT2D eigenvalue weighted by molar-refractivity contribution is 5.82. The third-order valence-corrected chi connectivity index (χ3v) is 6.74. The number of aryl methyl sites for hydroxylation is 1. The summed E-state index contributed by atoms with van der Waals surface area (Å²) in [5.41, 5.74) is 3.88. The number of hydrogen-bond donors (Lipinski definition) is 1. The second kappa shape index (κ2) is 7.84. The molecule has 8 heteroatoms. The van der Waals surface area contributed by atoms with Gasteiger partial charge in [-0.2, -0.15) is 15.1 Å². The van der Waals surface area contributed by atoms with Crippen molar-refractivity contribution in [3.05, 3.63) is 41.2 Å². The molecule has 0 spiro atoms. The molecule has 3 aromatic rings. The summed E-state index contributed by atoms with van der Waals surface area (Å²) < 4.78 is 22.0. The van der Waals surface area contributed by atoms with Gasteiger partial charge in [0.1, 0.15) is 6.17 Å². The van der Waals surface area contributed by atoms with Gasteiger partial charge in [-0.05, 0) is 63.0 Å². The number of methoxy groups -OCH3 is 1. The molecule has 1 aliphatic carbocycles. The minimum atomic E-state index is -0.887. The molecule has 0 bridgehead atoms. The predicted molar refractivity (Wildman–Crippen MR) is 116 cm³/mol. The maximum Gasteiger partial charge on any atom is 0.318 e. The minimum Gasteiger partial charge on any atom is -0.467 e. The zero-order chi connectivity index (χ0) is 21.7. The van der Waals surface area contributed by atoms with Crippen LogP contribution in [0.2, 0.25) is 0 Å². The van der Waals surface area contributed by atoms with E-state index in [1.807, 2.05) is 31.1 Å². The van der Waals surface area contributed by atoms with Gasteiger partial charge in [0.15, 0.2) is 5.82 Å². The molecule has 0 radical (unpaired) electrons. The molecule has 2 unspecified atom stereocenters. The fraction of sp³-hybridized carbons (Fsp3) is 0.522. The molecule has 31 heavy (non-hydrogen) atoms. The Balaban J connectivity index is 1.57. The number of ether oxygens (including phenoxy) is 1. The van der Waals surface area contributed by atoms with E-state index in [0.29, 0.717) is 25.2 Å². The highest BCUT2D eigenvalue weighted by Crippen LogP contribution is 2.38. The Labute approximate surface area is 180 Å². The van der Waals surface area contributed by atoms with Crippen LogP contribution in [0.25, 0.3) is 16.7 Å². The Morgan fingerprint density at radius 2 is 2.00 bits per heavy atom. The van der Waals surface area contributed by atoms with Crippen LogP contribution in [-0.2, 0) is 0 Å². The van der Waals surface area contributed by atoms with Gasteiger partial charge in [0, 0.05) is 29.8 Å². The molecule has 2 aromatic heterocycles. The number of aromatic nitrogens is 4. The molecule has 5 rings (SSSR count). The van der Waals surface area contributed by atoms with Crippen molar-refractivity contribution in [3.63, 3.8) is 0 Å². The molecule has 1 aliphatic heterocycles.